The van der Waals surface area contributed by atoms with Gasteiger partial charge in [0.25, 0.3) is 0 Å². The first-order chi connectivity index (χ1) is 8.34. The van der Waals surface area contributed by atoms with Gasteiger partial charge in [-0.1, -0.05) is 36.4 Å². The van der Waals surface area contributed by atoms with Crippen LogP contribution in [0, 0.1) is 6.92 Å². The highest BCUT2D eigenvalue weighted by molar-refractivity contribution is 5.88. The Balaban J connectivity index is 2.01. The Morgan fingerprint density at radius 2 is 1.65 bits per heavy atom. The van der Waals surface area contributed by atoms with E-state index in [0.29, 0.717) is 0 Å². The second-order valence-corrected chi connectivity index (χ2v) is 5.07. The highest BCUT2D eigenvalue weighted by atomic mass is 15.1. The fraction of sp³-hybridized carbons (Fsp3) is 0.375. The Bertz CT molecular complexity index is 524. The van der Waals surface area contributed by atoms with Gasteiger partial charge >= 0.3 is 0 Å². The van der Waals surface area contributed by atoms with Gasteiger partial charge in [-0.15, -0.1) is 0 Å². The van der Waals surface area contributed by atoms with Crippen molar-refractivity contribution in [3.05, 3.63) is 47.5 Å². The van der Waals surface area contributed by atoms with Crippen LogP contribution in [-0.4, -0.2) is 18.0 Å². The summed E-state index contributed by atoms with van der Waals surface area (Å²) >= 11 is 0. The van der Waals surface area contributed by atoms with Crippen molar-refractivity contribution in [1.82, 2.24) is 4.90 Å². The number of benzene rings is 2. The van der Waals surface area contributed by atoms with Crippen LogP contribution in [0.25, 0.3) is 10.8 Å². The van der Waals surface area contributed by atoms with Crippen LogP contribution in [0.3, 0.4) is 0 Å². The lowest BCUT2D eigenvalue weighted by Crippen LogP contribution is -2.18. The maximum Gasteiger partial charge on any atom is 0.0239 e. The van der Waals surface area contributed by atoms with Crippen molar-refractivity contribution in [3.8, 4) is 0 Å². The first kappa shape index (κ1) is 10.8. The summed E-state index contributed by atoms with van der Waals surface area (Å²) in [7, 11) is 0. The molecular formula is C16H19N. The molecule has 0 atom stereocenters. The molecule has 0 aromatic heterocycles. The lowest BCUT2D eigenvalue weighted by molar-refractivity contribution is 0.332. The van der Waals surface area contributed by atoms with Gasteiger partial charge in [-0.3, -0.25) is 4.90 Å². The highest BCUT2D eigenvalue weighted by Crippen LogP contribution is 2.24. The highest BCUT2D eigenvalue weighted by Gasteiger charge is 2.13. The van der Waals surface area contributed by atoms with Crippen LogP contribution in [0.1, 0.15) is 24.0 Å². The predicted octanol–water partition coefficient (Wildman–Crippen LogP) is 3.74. The van der Waals surface area contributed by atoms with E-state index >= 15 is 0 Å². The van der Waals surface area contributed by atoms with Crippen LogP contribution in [0.5, 0.6) is 0 Å². The molecule has 1 heteroatoms. The van der Waals surface area contributed by atoms with Gasteiger partial charge in [0.2, 0.25) is 0 Å². The molecule has 0 radical (unpaired) electrons. The second kappa shape index (κ2) is 4.50. The van der Waals surface area contributed by atoms with E-state index in [-0.39, 0.29) is 0 Å². The third-order valence-electron chi connectivity index (χ3n) is 3.83. The van der Waals surface area contributed by atoms with E-state index in [1.165, 1.54) is 47.8 Å². The number of rotatable bonds is 2. The summed E-state index contributed by atoms with van der Waals surface area (Å²) in [6.07, 6.45) is 2.73. The maximum atomic E-state index is 2.57. The molecule has 0 unspecified atom stereocenters. The van der Waals surface area contributed by atoms with Gasteiger partial charge in [0.05, 0.1) is 0 Å². The average Bonchev–Trinajstić information content (AvgIpc) is 2.86. The Morgan fingerprint density at radius 3 is 2.41 bits per heavy atom. The molecule has 1 nitrogen and oxygen atoms in total. The van der Waals surface area contributed by atoms with E-state index < -0.39 is 0 Å². The van der Waals surface area contributed by atoms with Crippen LogP contribution in [0.2, 0.25) is 0 Å². The van der Waals surface area contributed by atoms with E-state index in [2.05, 4.69) is 48.2 Å². The number of likely N-dealkylation sites (tertiary alicyclic amines) is 1. The topological polar surface area (TPSA) is 3.24 Å². The predicted molar refractivity (Wildman–Crippen MR) is 73.2 cm³/mol. The van der Waals surface area contributed by atoms with Gasteiger partial charge in [-0.05, 0) is 54.8 Å². The van der Waals surface area contributed by atoms with Gasteiger partial charge in [0.15, 0.2) is 0 Å². The van der Waals surface area contributed by atoms with E-state index in [9.17, 15) is 0 Å². The van der Waals surface area contributed by atoms with Crippen molar-refractivity contribution < 1.29 is 0 Å². The first-order valence-electron chi connectivity index (χ1n) is 6.54. The minimum Gasteiger partial charge on any atom is -0.299 e. The van der Waals surface area contributed by atoms with Crippen LogP contribution < -0.4 is 0 Å². The van der Waals surface area contributed by atoms with Crippen molar-refractivity contribution in [2.75, 3.05) is 13.1 Å². The molecule has 2 aromatic rings. The molecule has 1 aliphatic rings. The largest absolute Gasteiger partial charge is 0.299 e. The lowest BCUT2D eigenvalue weighted by Gasteiger charge is -2.17. The summed E-state index contributed by atoms with van der Waals surface area (Å²) in [5.74, 6) is 0. The number of nitrogens with zero attached hydrogens (tertiary/aromatic N) is 1. The number of hydrogen-bond donors (Lipinski definition) is 0. The molecule has 1 heterocycles. The summed E-state index contributed by atoms with van der Waals surface area (Å²) < 4.78 is 0. The van der Waals surface area contributed by atoms with Crippen LogP contribution >= 0.6 is 0 Å². The third kappa shape index (κ3) is 2.07. The molecule has 0 bridgehead atoms. The Kier molecular flexibility index (Phi) is 2.86. The summed E-state index contributed by atoms with van der Waals surface area (Å²) in [6.45, 7) is 5.84. The third-order valence-corrected chi connectivity index (χ3v) is 3.83. The summed E-state index contributed by atoms with van der Waals surface area (Å²) in [5, 5.41) is 2.84. The zero-order valence-corrected chi connectivity index (χ0v) is 10.4. The standard InChI is InChI=1S/C16H19N/c1-13-8-9-14(12-17-10-4-5-11-17)16-7-3-2-6-15(13)16/h2-3,6-9H,4-5,10-12H2,1H3. The number of aryl methyl sites for hydroxylation is 1. The Labute approximate surface area is 103 Å². The molecule has 1 saturated heterocycles. The smallest absolute Gasteiger partial charge is 0.0239 e. The molecule has 88 valence electrons. The molecule has 0 aliphatic carbocycles. The van der Waals surface area contributed by atoms with E-state index in [4.69, 9.17) is 0 Å². The van der Waals surface area contributed by atoms with Gasteiger partial charge < -0.3 is 0 Å². The van der Waals surface area contributed by atoms with E-state index in [0.717, 1.165) is 6.54 Å². The van der Waals surface area contributed by atoms with Crippen molar-refractivity contribution in [1.29, 1.82) is 0 Å². The minimum absolute atomic E-state index is 1.11. The van der Waals surface area contributed by atoms with E-state index in [1.54, 1.807) is 0 Å². The molecule has 0 spiro atoms. The summed E-state index contributed by atoms with van der Waals surface area (Å²) in [6, 6.07) is 13.3. The second-order valence-electron chi connectivity index (χ2n) is 5.07. The molecule has 1 aliphatic heterocycles. The van der Waals surface area contributed by atoms with E-state index in [1.807, 2.05) is 0 Å². The molecule has 0 amide bonds. The quantitative estimate of drug-likeness (QED) is 0.752. The molecule has 2 aromatic carbocycles. The first-order valence-corrected chi connectivity index (χ1v) is 6.54. The molecule has 1 fully saturated rings. The molecular weight excluding hydrogens is 206 g/mol. The normalized spacial score (nSPS) is 16.8. The Morgan fingerprint density at radius 1 is 0.941 bits per heavy atom. The van der Waals surface area contributed by atoms with Crippen LogP contribution in [0.15, 0.2) is 36.4 Å². The molecule has 0 N–H and O–H groups in total. The van der Waals surface area contributed by atoms with Crippen LogP contribution in [0.4, 0.5) is 0 Å². The van der Waals surface area contributed by atoms with Gasteiger partial charge in [0.1, 0.15) is 0 Å². The Hall–Kier alpha value is -1.34. The van der Waals surface area contributed by atoms with Crippen molar-refractivity contribution in [2.24, 2.45) is 0 Å². The van der Waals surface area contributed by atoms with Gasteiger partial charge in [-0.25, -0.2) is 0 Å². The van der Waals surface area contributed by atoms with Crippen LogP contribution in [-0.2, 0) is 6.54 Å². The van der Waals surface area contributed by atoms with Gasteiger partial charge in [-0.2, -0.15) is 0 Å². The number of fused-ring (bicyclic) bond motifs is 1. The zero-order valence-electron chi connectivity index (χ0n) is 10.4. The molecule has 3 rings (SSSR count). The minimum atomic E-state index is 1.11. The average molecular weight is 225 g/mol. The number of hydrogen-bond acceptors (Lipinski definition) is 1. The van der Waals surface area contributed by atoms with Gasteiger partial charge in [0, 0.05) is 6.54 Å². The fourth-order valence-corrected chi connectivity index (χ4v) is 2.83. The monoisotopic (exact) mass is 225 g/mol. The lowest BCUT2D eigenvalue weighted by atomic mass is 10.00. The van der Waals surface area contributed by atoms with Crippen molar-refractivity contribution >= 4 is 10.8 Å². The summed E-state index contributed by atoms with van der Waals surface area (Å²) in [4.78, 5) is 2.57. The van der Waals surface area contributed by atoms with Crippen molar-refractivity contribution in [2.45, 2.75) is 26.3 Å². The maximum absolute atomic E-state index is 2.57. The summed E-state index contributed by atoms with van der Waals surface area (Å²) in [5.41, 5.74) is 2.86. The zero-order chi connectivity index (χ0) is 11.7. The van der Waals surface area contributed by atoms with Crippen molar-refractivity contribution in [3.63, 3.8) is 0 Å². The SMILES string of the molecule is Cc1ccc(CN2CCCC2)c2ccccc12. The molecule has 17 heavy (non-hydrogen) atoms. The fourth-order valence-electron chi connectivity index (χ4n) is 2.83. The molecule has 0 saturated carbocycles.